The summed E-state index contributed by atoms with van der Waals surface area (Å²) in [5, 5.41) is 2.79. The average Bonchev–Trinajstić information content (AvgIpc) is 2.65. The van der Waals surface area contributed by atoms with Gasteiger partial charge >= 0.3 is 0 Å². The largest absolute Gasteiger partial charge is 0.355 e. The van der Waals surface area contributed by atoms with E-state index in [-0.39, 0.29) is 11.8 Å². The third kappa shape index (κ3) is 4.04. The molecule has 1 aliphatic heterocycles. The fourth-order valence-electron chi connectivity index (χ4n) is 3.72. The molecule has 7 heteroatoms. The lowest BCUT2D eigenvalue weighted by atomic mass is 9.92. The molecule has 1 amide bonds. The van der Waals surface area contributed by atoms with Crippen molar-refractivity contribution in [3.63, 3.8) is 0 Å². The van der Waals surface area contributed by atoms with Crippen LogP contribution in [0.25, 0.3) is 0 Å². The third-order valence-electron chi connectivity index (χ3n) is 5.23. The van der Waals surface area contributed by atoms with Gasteiger partial charge in [-0.15, -0.1) is 0 Å². The third-order valence-corrected chi connectivity index (χ3v) is 7.12. The number of rotatable bonds is 5. The summed E-state index contributed by atoms with van der Waals surface area (Å²) in [5.41, 5.74) is 7.84. The smallest absolute Gasteiger partial charge is 0.243 e. The molecule has 138 valence electrons. The van der Waals surface area contributed by atoms with Crippen molar-refractivity contribution in [1.29, 1.82) is 0 Å². The van der Waals surface area contributed by atoms with Crippen LogP contribution in [-0.2, 0) is 27.7 Å². The van der Waals surface area contributed by atoms with E-state index in [9.17, 15) is 13.2 Å². The predicted octanol–water partition coefficient (Wildman–Crippen LogP) is 1.04. The second-order valence-corrected chi connectivity index (χ2v) is 8.83. The number of aryl methyl sites for hydroxylation is 2. The van der Waals surface area contributed by atoms with Crippen LogP contribution in [0.4, 0.5) is 0 Å². The molecular formula is C18H27N3O3S. The molecule has 1 aromatic rings. The molecule has 1 aromatic carbocycles. The highest BCUT2D eigenvalue weighted by Crippen LogP contribution is 2.28. The summed E-state index contributed by atoms with van der Waals surface area (Å²) in [6.45, 7) is 1.66. The van der Waals surface area contributed by atoms with Gasteiger partial charge in [0.1, 0.15) is 0 Å². The van der Waals surface area contributed by atoms with Gasteiger partial charge in [0, 0.05) is 32.1 Å². The lowest BCUT2D eigenvalue weighted by molar-refractivity contribution is -0.126. The molecule has 0 unspecified atom stereocenters. The van der Waals surface area contributed by atoms with Crippen LogP contribution >= 0.6 is 0 Å². The molecule has 0 bridgehead atoms. The lowest BCUT2D eigenvalue weighted by Crippen LogP contribution is -2.43. The number of hydrogen-bond donors (Lipinski definition) is 2. The van der Waals surface area contributed by atoms with E-state index >= 15 is 0 Å². The van der Waals surface area contributed by atoms with Crippen molar-refractivity contribution in [3.8, 4) is 0 Å². The Kier molecular flexibility index (Phi) is 5.76. The van der Waals surface area contributed by atoms with Crippen LogP contribution in [0.2, 0.25) is 0 Å². The van der Waals surface area contributed by atoms with Gasteiger partial charge in [0.05, 0.1) is 4.90 Å². The van der Waals surface area contributed by atoms with E-state index in [0.29, 0.717) is 43.9 Å². The molecule has 0 saturated carbocycles. The van der Waals surface area contributed by atoms with E-state index < -0.39 is 10.0 Å². The van der Waals surface area contributed by atoms with Gasteiger partial charge in [-0.05, 0) is 61.8 Å². The van der Waals surface area contributed by atoms with Gasteiger partial charge in [-0.25, -0.2) is 8.42 Å². The molecule has 2 aliphatic rings. The molecule has 25 heavy (non-hydrogen) atoms. The van der Waals surface area contributed by atoms with Crippen molar-refractivity contribution in [3.05, 3.63) is 29.3 Å². The second-order valence-electron chi connectivity index (χ2n) is 6.90. The number of piperidine rings is 1. The number of amides is 1. The van der Waals surface area contributed by atoms with Crippen LogP contribution in [0.1, 0.15) is 36.8 Å². The Hall–Kier alpha value is -1.44. The fraction of sp³-hybridized carbons (Fsp3) is 0.611. The van der Waals surface area contributed by atoms with Crippen LogP contribution in [-0.4, -0.2) is 44.8 Å². The monoisotopic (exact) mass is 365 g/mol. The zero-order chi connectivity index (χ0) is 17.9. The van der Waals surface area contributed by atoms with Gasteiger partial charge in [0.25, 0.3) is 0 Å². The molecule has 6 nitrogen and oxygen atoms in total. The summed E-state index contributed by atoms with van der Waals surface area (Å²) in [5.74, 6) is -0.141. The summed E-state index contributed by atoms with van der Waals surface area (Å²) in [6.07, 6.45) is 5.42. The van der Waals surface area contributed by atoms with Crippen molar-refractivity contribution in [2.24, 2.45) is 11.7 Å². The first-order chi connectivity index (χ1) is 12.0. The van der Waals surface area contributed by atoms with E-state index in [2.05, 4.69) is 5.32 Å². The summed E-state index contributed by atoms with van der Waals surface area (Å²) in [7, 11) is -3.48. The number of hydrogen-bond acceptors (Lipinski definition) is 4. The standard InChI is InChI=1S/C18H27N3O3S/c19-9-10-20-18(22)15-7-11-21(12-8-15)25(23,24)17-6-5-14-3-1-2-4-16(14)13-17/h5-6,13,15H,1-4,7-12,19H2,(H,20,22). The number of benzene rings is 1. The van der Waals surface area contributed by atoms with Crippen molar-refractivity contribution in [2.45, 2.75) is 43.4 Å². The normalized spacial score (nSPS) is 19.4. The predicted molar refractivity (Wildman–Crippen MR) is 96.6 cm³/mol. The molecule has 0 radical (unpaired) electrons. The Morgan fingerprint density at radius 2 is 1.84 bits per heavy atom. The highest BCUT2D eigenvalue weighted by atomic mass is 32.2. The summed E-state index contributed by atoms with van der Waals surface area (Å²) < 4.78 is 27.4. The number of nitrogens with zero attached hydrogens (tertiary/aromatic N) is 1. The quantitative estimate of drug-likeness (QED) is 0.815. The van der Waals surface area contributed by atoms with E-state index in [0.717, 1.165) is 19.3 Å². The Labute approximate surface area is 149 Å². The van der Waals surface area contributed by atoms with Crippen molar-refractivity contribution < 1.29 is 13.2 Å². The number of nitrogens with one attached hydrogen (secondary N) is 1. The highest BCUT2D eigenvalue weighted by molar-refractivity contribution is 7.89. The lowest BCUT2D eigenvalue weighted by Gasteiger charge is -2.31. The Bertz CT molecular complexity index is 725. The number of nitrogens with two attached hydrogens (primary N) is 1. The minimum atomic E-state index is -3.48. The topological polar surface area (TPSA) is 92.5 Å². The molecular weight excluding hydrogens is 338 g/mol. The van der Waals surface area contributed by atoms with Gasteiger partial charge in [-0.2, -0.15) is 4.31 Å². The van der Waals surface area contributed by atoms with E-state index in [4.69, 9.17) is 5.73 Å². The van der Waals surface area contributed by atoms with Crippen molar-refractivity contribution in [2.75, 3.05) is 26.2 Å². The molecule has 0 atom stereocenters. The maximum Gasteiger partial charge on any atom is 0.243 e. The molecule has 3 N–H and O–H groups in total. The molecule has 0 aromatic heterocycles. The second kappa shape index (κ2) is 7.85. The number of carbonyl (C=O) groups excluding carboxylic acids is 1. The Morgan fingerprint density at radius 3 is 2.52 bits per heavy atom. The van der Waals surface area contributed by atoms with Crippen molar-refractivity contribution in [1.82, 2.24) is 9.62 Å². The fourth-order valence-corrected chi connectivity index (χ4v) is 5.24. The molecule has 3 rings (SSSR count). The molecule has 1 aliphatic carbocycles. The first kappa shape index (κ1) is 18.4. The molecule has 1 fully saturated rings. The number of carbonyl (C=O) groups is 1. The maximum absolute atomic E-state index is 12.9. The van der Waals surface area contributed by atoms with Gasteiger partial charge in [0.15, 0.2) is 0 Å². The summed E-state index contributed by atoms with van der Waals surface area (Å²) in [6, 6.07) is 5.55. The van der Waals surface area contributed by atoms with Gasteiger partial charge < -0.3 is 11.1 Å². The highest BCUT2D eigenvalue weighted by Gasteiger charge is 2.32. The first-order valence-corrected chi connectivity index (χ1v) is 10.6. The molecule has 0 spiro atoms. The van der Waals surface area contributed by atoms with Crippen LogP contribution in [0.15, 0.2) is 23.1 Å². The number of sulfonamides is 1. The van der Waals surface area contributed by atoms with Crippen LogP contribution < -0.4 is 11.1 Å². The van der Waals surface area contributed by atoms with E-state index in [1.807, 2.05) is 12.1 Å². The minimum Gasteiger partial charge on any atom is -0.355 e. The first-order valence-electron chi connectivity index (χ1n) is 9.12. The van der Waals surface area contributed by atoms with Gasteiger partial charge in [-0.3, -0.25) is 4.79 Å². The van der Waals surface area contributed by atoms with Crippen LogP contribution in [0, 0.1) is 5.92 Å². The van der Waals surface area contributed by atoms with Crippen molar-refractivity contribution >= 4 is 15.9 Å². The van der Waals surface area contributed by atoms with E-state index in [1.54, 1.807) is 6.07 Å². The Balaban J connectivity index is 1.67. The zero-order valence-electron chi connectivity index (χ0n) is 14.5. The van der Waals surface area contributed by atoms with Gasteiger partial charge in [-0.1, -0.05) is 6.07 Å². The average molecular weight is 365 g/mol. The summed E-state index contributed by atoms with van der Waals surface area (Å²) >= 11 is 0. The van der Waals surface area contributed by atoms with Crippen LogP contribution in [0.5, 0.6) is 0 Å². The maximum atomic E-state index is 12.9. The summed E-state index contributed by atoms with van der Waals surface area (Å²) in [4.78, 5) is 12.4. The van der Waals surface area contributed by atoms with E-state index in [1.165, 1.54) is 21.9 Å². The number of fused-ring (bicyclic) bond motifs is 1. The minimum absolute atomic E-state index is 0.0173. The van der Waals surface area contributed by atoms with Crippen LogP contribution in [0.3, 0.4) is 0 Å². The SMILES string of the molecule is NCCNC(=O)C1CCN(S(=O)(=O)c2ccc3c(c2)CCCC3)CC1. The Morgan fingerprint density at radius 1 is 1.16 bits per heavy atom. The molecule has 1 heterocycles. The molecule has 1 saturated heterocycles. The zero-order valence-corrected chi connectivity index (χ0v) is 15.4. The van der Waals surface area contributed by atoms with Gasteiger partial charge in [0.2, 0.25) is 15.9 Å².